The molecule has 0 radical (unpaired) electrons. The summed E-state index contributed by atoms with van der Waals surface area (Å²) in [7, 11) is 0. The highest BCUT2D eigenvalue weighted by molar-refractivity contribution is 5.16. The van der Waals surface area contributed by atoms with Gasteiger partial charge in [-0.1, -0.05) is 19.3 Å². The summed E-state index contributed by atoms with van der Waals surface area (Å²) in [6.07, 6.45) is 5.29. The molecule has 1 saturated carbocycles. The Bertz CT molecular complexity index is 362. The zero-order valence-corrected chi connectivity index (χ0v) is 8.34. The Morgan fingerprint density at radius 3 is 2.47 bits per heavy atom. The number of rotatable bonds is 1. The van der Waals surface area contributed by atoms with E-state index in [1.807, 2.05) is 0 Å². The molecule has 1 fully saturated rings. The van der Waals surface area contributed by atoms with Gasteiger partial charge in [-0.05, 0) is 12.8 Å². The Morgan fingerprint density at radius 1 is 1.13 bits per heavy atom. The van der Waals surface area contributed by atoms with Gasteiger partial charge in [0.2, 0.25) is 5.82 Å². The van der Waals surface area contributed by atoms with Crippen molar-refractivity contribution in [3.05, 3.63) is 23.8 Å². The topological polar surface area (TPSA) is 51.8 Å². The summed E-state index contributed by atoms with van der Waals surface area (Å²) in [5.41, 5.74) is 5.26. The first-order valence-corrected chi connectivity index (χ1v) is 5.09. The predicted molar refractivity (Wildman–Crippen MR) is 50.9 cm³/mol. The molecule has 1 aliphatic rings. The van der Waals surface area contributed by atoms with Gasteiger partial charge in [-0.15, -0.1) is 0 Å². The molecule has 0 spiro atoms. The summed E-state index contributed by atoms with van der Waals surface area (Å²) in [4.78, 5) is 6.94. The van der Waals surface area contributed by atoms with E-state index >= 15 is 0 Å². The van der Waals surface area contributed by atoms with Crippen LogP contribution in [-0.2, 0) is 5.54 Å². The van der Waals surface area contributed by atoms with Gasteiger partial charge in [0.25, 0.3) is 5.95 Å². The van der Waals surface area contributed by atoms with Crippen molar-refractivity contribution in [1.29, 1.82) is 0 Å². The number of nitrogens with two attached hydrogens (primary N) is 1. The van der Waals surface area contributed by atoms with Gasteiger partial charge >= 0.3 is 0 Å². The zero-order valence-electron chi connectivity index (χ0n) is 8.34. The van der Waals surface area contributed by atoms with Crippen LogP contribution >= 0.6 is 0 Å². The second-order valence-corrected chi connectivity index (χ2v) is 4.04. The van der Waals surface area contributed by atoms with E-state index in [0.717, 1.165) is 25.6 Å². The normalized spacial score (nSPS) is 20.2. The fourth-order valence-electron chi connectivity index (χ4n) is 2.11. The number of nitrogens with zero attached hydrogens (tertiary/aromatic N) is 2. The quantitative estimate of drug-likeness (QED) is 0.724. The average Bonchev–Trinajstić information content (AvgIpc) is 2.23. The van der Waals surface area contributed by atoms with Crippen LogP contribution < -0.4 is 5.73 Å². The molecule has 0 aliphatic heterocycles. The molecule has 1 aliphatic carbocycles. The van der Waals surface area contributed by atoms with Crippen molar-refractivity contribution >= 4 is 0 Å². The molecule has 3 nitrogen and oxygen atoms in total. The van der Waals surface area contributed by atoms with Gasteiger partial charge in [0.05, 0.1) is 5.54 Å². The Balaban J connectivity index is 2.39. The standard InChI is InChI=1S/C10H13F2N3/c11-7-8(14-6-15-9(7)12)10(13)4-2-1-3-5-10/h6H,1-5,13H2. The van der Waals surface area contributed by atoms with Crippen LogP contribution in [0.25, 0.3) is 0 Å². The van der Waals surface area contributed by atoms with Gasteiger partial charge in [0.1, 0.15) is 12.0 Å². The molecule has 15 heavy (non-hydrogen) atoms. The Hall–Kier alpha value is -1.10. The van der Waals surface area contributed by atoms with Gasteiger partial charge in [0.15, 0.2) is 0 Å². The summed E-state index contributed by atoms with van der Waals surface area (Å²) >= 11 is 0. The molecule has 0 saturated heterocycles. The third-order valence-electron chi connectivity index (χ3n) is 2.96. The Labute approximate surface area is 86.7 Å². The lowest BCUT2D eigenvalue weighted by atomic mass is 9.80. The molecule has 2 rings (SSSR count). The van der Waals surface area contributed by atoms with Crippen LogP contribution in [0.2, 0.25) is 0 Å². The van der Waals surface area contributed by atoms with E-state index in [9.17, 15) is 8.78 Å². The predicted octanol–water partition coefficient (Wildman–Crippen LogP) is 1.87. The minimum atomic E-state index is -1.12. The number of halogens is 2. The highest BCUT2D eigenvalue weighted by Gasteiger charge is 2.34. The first-order valence-electron chi connectivity index (χ1n) is 5.09. The molecule has 1 heterocycles. The van der Waals surface area contributed by atoms with Crippen LogP contribution in [0.15, 0.2) is 6.33 Å². The molecule has 0 atom stereocenters. The van der Waals surface area contributed by atoms with E-state index in [-0.39, 0.29) is 5.69 Å². The lowest BCUT2D eigenvalue weighted by Gasteiger charge is -2.32. The number of hydrogen-bond acceptors (Lipinski definition) is 3. The van der Waals surface area contributed by atoms with Crippen LogP contribution in [0.4, 0.5) is 8.78 Å². The molecule has 0 bridgehead atoms. The van der Waals surface area contributed by atoms with Crippen LogP contribution in [-0.4, -0.2) is 9.97 Å². The molecule has 0 amide bonds. The number of aromatic nitrogens is 2. The van der Waals surface area contributed by atoms with E-state index in [4.69, 9.17) is 5.73 Å². The largest absolute Gasteiger partial charge is 0.320 e. The van der Waals surface area contributed by atoms with Crippen molar-refractivity contribution in [3.63, 3.8) is 0 Å². The highest BCUT2D eigenvalue weighted by Crippen LogP contribution is 2.34. The highest BCUT2D eigenvalue weighted by atomic mass is 19.2. The first-order chi connectivity index (χ1) is 7.13. The summed E-state index contributed by atoms with van der Waals surface area (Å²) in [5.74, 6) is -2.11. The van der Waals surface area contributed by atoms with E-state index in [1.165, 1.54) is 0 Å². The number of hydrogen-bond donors (Lipinski definition) is 1. The minimum absolute atomic E-state index is 0.0229. The summed E-state index contributed by atoms with van der Waals surface area (Å²) in [5, 5.41) is 0. The summed E-state index contributed by atoms with van der Waals surface area (Å²) < 4.78 is 26.4. The smallest absolute Gasteiger partial charge is 0.252 e. The van der Waals surface area contributed by atoms with Crippen molar-refractivity contribution in [2.75, 3.05) is 0 Å². The average molecular weight is 213 g/mol. The SMILES string of the molecule is NC1(c2ncnc(F)c2F)CCCCC1. The fraction of sp³-hybridized carbons (Fsp3) is 0.600. The first kappa shape index (κ1) is 10.4. The maximum Gasteiger partial charge on any atom is 0.252 e. The van der Waals surface area contributed by atoms with Crippen LogP contribution in [0.5, 0.6) is 0 Å². The van der Waals surface area contributed by atoms with Gasteiger partial charge in [-0.3, -0.25) is 0 Å². The van der Waals surface area contributed by atoms with Crippen molar-refractivity contribution in [3.8, 4) is 0 Å². The van der Waals surface area contributed by atoms with Gasteiger partial charge in [-0.25, -0.2) is 9.97 Å². The molecule has 82 valence electrons. The van der Waals surface area contributed by atoms with Crippen LogP contribution in [0, 0.1) is 11.8 Å². The summed E-state index contributed by atoms with van der Waals surface area (Å²) in [6.45, 7) is 0. The van der Waals surface area contributed by atoms with Crippen molar-refractivity contribution < 1.29 is 8.78 Å². The van der Waals surface area contributed by atoms with E-state index in [1.54, 1.807) is 0 Å². The van der Waals surface area contributed by atoms with E-state index in [2.05, 4.69) is 9.97 Å². The summed E-state index contributed by atoms with van der Waals surface area (Å²) in [6, 6.07) is 0. The maximum absolute atomic E-state index is 13.5. The molecular weight excluding hydrogens is 200 g/mol. The molecule has 1 aromatic heterocycles. The second kappa shape index (κ2) is 3.81. The maximum atomic E-state index is 13.5. The molecule has 0 unspecified atom stereocenters. The lowest BCUT2D eigenvalue weighted by molar-refractivity contribution is 0.278. The van der Waals surface area contributed by atoms with Gasteiger partial charge in [0, 0.05) is 0 Å². The minimum Gasteiger partial charge on any atom is -0.320 e. The van der Waals surface area contributed by atoms with Crippen molar-refractivity contribution in [1.82, 2.24) is 9.97 Å². The Morgan fingerprint density at radius 2 is 1.80 bits per heavy atom. The second-order valence-electron chi connectivity index (χ2n) is 4.04. The van der Waals surface area contributed by atoms with Crippen molar-refractivity contribution in [2.45, 2.75) is 37.6 Å². The molecule has 5 heteroatoms. The van der Waals surface area contributed by atoms with Crippen LogP contribution in [0.1, 0.15) is 37.8 Å². The van der Waals surface area contributed by atoms with Crippen LogP contribution in [0.3, 0.4) is 0 Å². The van der Waals surface area contributed by atoms with E-state index in [0.29, 0.717) is 12.8 Å². The van der Waals surface area contributed by atoms with Gasteiger partial charge in [-0.2, -0.15) is 8.78 Å². The fourth-order valence-corrected chi connectivity index (χ4v) is 2.11. The molecule has 1 aromatic rings. The van der Waals surface area contributed by atoms with Crippen molar-refractivity contribution in [2.24, 2.45) is 5.73 Å². The van der Waals surface area contributed by atoms with Gasteiger partial charge < -0.3 is 5.73 Å². The monoisotopic (exact) mass is 213 g/mol. The molecular formula is C10H13F2N3. The molecule has 2 N–H and O–H groups in total. The zero-order chi connectivity index (χ0) is 10.9. The third kappa shape index (κ3) is 1.84. The Kier molecular flexibility index (Phi) is 2.65. The third-order valence-corrected chi connectivity index (χ3v) is 2.96. The lowest BCUT2D eigenvalue weighted by Crippen LogP contribution is -2.40. The molecule has 0 aromatic carbocycles. The van der Waals surface area contributed by atoms with E-state index < -0.39 is 17.3 Å².